The molecule has 0 aromatic heterocycles. The first kappa shape index (κ1) is 17.0. The summed E-state index contributed by atoms with van der Waals surface area (Å²) in [6.45, 7) is 0. The van der Waals surface area contributed by atoms with E-state index in [9.17, 15) is 21.6 Å². The molecule has 0 aliphatic carbocycles. The van der Waals surface area contributed by atoms with Gasteiger partial charge in [0.05, 0.1) is 17.8 Å². The number of nitrogens with zero attached hydrogens (tertiary/aromatic N) is 1. The van der Waals surface area contributed by atoms with E-state index in [0.717, 1.165) is 30.6 Å². The third kappa shape index (κ3) is 2.65. The number of primary sulfonamides is 1. The molecule has 0 bridgehead atoms. The van der Waals surface area contributed by atoms with Crippen molar-refractivity contribution in [3.63, 3.8) is 0 Å². The van der Waals surface area contributed by atoms with Gasteiger partial charge in [-0.05, 0) is 12.1 Å². The lowest BCUT2D eigenvalue weighted by atomic mass is 10.3. The SMILES string of the molecule is COC(=O)C1Nc2cc(Cl)c(S(N)(=O)=O)cc2S(=O)(=O)N1C. The minimum Gasteiger partial charge on any atom is -0.466 e. The number of hydrogen-bond acceptors (Lipinski definition) is 7. The summed E-state index contributed by atoms with van der Waals surface area (Å²) in [5, 5.41) is 7.35. The van der Waals surface area contributed by atoms with Gasteiger partial charge in [-0.3, -0.25) is 0 Å². The molecule has 122 valence electrons. The molecule has 0 spiro atoms. The highest BCUT2D eigenvalue weighted by Crippen LogP contribution is 2.36. The van der Waals surface area contributed by atoms with Crippen molar-refractivity contribution in [1.29, 1.82) is 0 Å². The molecule has 12 heteroatoms. The molecule has 9 nitrogen and oxygen atoms in total. The van der Waals surface area contributed by atoms with Crippen LogP contribution in [0.25, 0.3) is 0 Å². The van der Waals surface area contributed by atoms with Crippen LogP contribution in [-0.4, -0.2) is 47.4 Å². The van der Waals surface area contributed by atoms with E-state index in [1.54, 1.807) is 0 Å². The van der Waals surface area contributed by atoms with Crippen LogP contribution in [-0.2, 0) is 29.6 Å². The summed E-state index contributed by atoms with van der Waals surface area (Å²) in [6.07, 6.45) is -1.29. The zero-order valence-corrected chi connectivity index (χ0v) is 13.8. The van der Waals surface area contributed by atoms with Crippen LogP contribution in [0.15, 0.2) is 21.9 Å². The Labute approximate surface area is 132 Å². The lowest BCUT2D eigenvalue weighted by Crippen LogP contribution is -2.51. The van der Waals surface area contributed by atoms with E-state index < -0.39 is 37.1 Å². The molecule has 0 saturated heterocycles. The van der Waals surface area contributed by atoms with Crippen LogP contribution in [0.2, 0.25) is 5.02 Å². The molecule has 1 aliphatic heterocycles. The van der Waals surface area contributed by atoms with Gasteiger partial charge in [0.2, 0.25) is 20.0 Å². The van der Waals surface area contributed by atoms with E-state index in [1.807, 2.05) is 0 Å². The van der Waals surface area contributed by atoms with Crippen LogP contribution >= 0.6 is 11.6 Å². The lowest BCUT2D eigenvalue weighted by Gasteiger charge is -2.33. The molecule has 1 heterocycles. The van der Waals surface area contributed by atoms with Crippen LogP contribution in [0.5, 0.6) is 0 Å². The van der Waals surface area contributed by atoms with E-state index in [2.05, 4.69) is 10.1 Å². The van der Waals surface area contributed by atoms with E-state index in [0.29, 0.717) is 0 Å². The van der Waals surface area contributed by atoms with Crippen molar-refractivity contribution >= 4 is 43.3 Å². The number of carbonyl (C=O) groups is 1. The number of likely N-dealkylation sites (N-methyl/N-ethyl adjacent to an activating group) is 1. The Kier molecular flexibility index (Phi) is 4.13. The number of hydrogen-bond donors (Lipinski definition) is 2. The number of carbonyl (C=O) groups excluding carboxylic acids is 1. The second-order valence-electron chi connectivity index (χ2n) is 4.42. The molecule has 1 aliphatic rings. The van der Waals surface area contributed by atoms with Gasteiger partial charge in [-0.2, -0.15) is 4.31 Å². The minimum atomic E-state index is -4.20. The largest absolute Gasteiger partial charge is 0.466 e. The molecule has 0 fully saturated rings. The number of methoxy groups -OCH3 is 1. The highest BCUT2D eigenvalue weighted by molar-refractivity contribution is 7.90. The second-order valence-corrected chi connectivity index (χ2v) is 8.32. The second kappa shape index (κ2) is 5.35. The molecule has 0 amide bonds. The quantitative estimate of drug-likeness (QED) is 0.672. The molecule has 1 aromatic rings. The minimum absolute atomic E-state index is 0.0223. The maximum atomic E-state index is 12.4. The molecule has 3 N–H and O–H groups in total. The van der Waals surface area contributed by atoms with Crippen molar-refractivity contribution < 1.29 is 26.4 Å². The predicted molar refractivity (Wildman–Crippen MR) is 77.2 cm³/mol. The zero-order valence-electron chi connectivity index (χ0n) is 11.4. The summed E-state index contributed by atoms with van der Waals surface area (Å²) < 4.78 is 53.0. The van der Waals surface area contributed by atoms with Crippen LogP contribution < -0.4 is 10.5 Å². The number of esters is 1. The van der Waals surface area contributed by atoms with Crippen molar-refractivity contribution in [2.45, 2.75) is 16.0 Å². The fourth-order valence-corrected chi connectivity index (χ4v) is 4.49. The molecule has 2 rings (SSSR count). The van der Waals surface area contributed by atoms with E-state index in [-0.39, 0.29) is 15.6 Å². The van der Waals surface area contributed by atoms with E-state index in [1.165, 1.54) is 0 Å². The Hall–Kier alpha value is -1.40. The summed E-state index contributed by atoms with van der Waals surface area (Å²) in [5.41, 5.74) is -0.0223. The number of nitrogens with one attached hydrogen (secondary N) is 1. The molecular weight excluding hydrogens is 358 g/mol. The summed E-state index contributed by atoms with van der Waals surface area (Å²) in [4.78, 5) is 10.8. The first-order valence-corrected chi connectivity index (χ1v) is 9.05. The molecule has 1 unspecified atom stereocenters. The molecule has 22 heavy (non-hydrogen) atoms. The maximum Gasteiger partial charge on any atom is 0.344 e. The van der Waals surface area contributed by atoms with Gasteiger partial charge in [0.15, 0.2) is 6.17 Å². The van der Waals surface area contributed by atoms with Crippen LogP contribution in [0.1, 0.15) is 0 Å². The molecule has 0 radical (unpaired) electrons. The van der Waals surface area contributed by atoms with Crippen LogP contribution in [0.3, 0.4) is 0 Å². The first-order valence-electron chi connectivity index (χ1n) is 5.69. The summed E-state index contributed by atoms with van der Waals surface area (Å²) >= 11 is 5.81. The van der Waals surface area contributed by atoms with Gasteiger partial charge in [-0.25, -0.2) is 26.8 Å². The highest BCUT2D eigenvalue weighted by atomic mass is 35.5. The van der Waals surface area contributed by atoms with Crippen molar-refractivity contribution in [2.24, 2.45) is 5.14 Å². The van der Waals surface area contributed by atoms with Gasteiger partial charge < -0.3 is 10.1 Å². The summed E-state index contributed by atoms with van der Waals surface area (Å²) in [5.74, 6) is -0.830. The Morgan fingerprint density at radius 1 is 1.45 bits per heavy atom. The fraction of sp³-hybridized carbons (Fsp3) is 0.300. The van der Waals surface area contributed by atoms with Crippen molar-refractivity contribution in [1.82, 2.24) is 4.31 Å². The van der Waals surface area contributed by atoms with Gasteiger partial charge in [0, 0.05) is 7.05 Å². The standard InChI is InChI=1S/C10H12ClN3O6S2/c1-14-9(10(15)20-2)13-6-3-5(11)7(21(12,16)17)4-8(6)22(14,18)19/h3-4,9,13H,1-2H3,(H2,12,16,17). The smallest absolute Gasteiger partial charge is 0.344 e. The van der Waals surface area contributed by atoms with Crippen LogP contribution in [0, 0.1) is 0 Å². The topological polar surface area (TPSA) is 136 Å². The molecule has 1 aromatic carbocycles. The average Bonchev–Trinajstić information content (AvgIpc) is 2.40. The molecule has 0 saturated carbocycles. The van der Waals surface area contributed by atoms with Crippen molar-refractivity contribution in [2.75, 3.05) is 19.5 Å². The molecular formula is C10H12ClN3O6S2. The normalized spacial score (nSPS) is 20.8. The van der Waals surface area contributed by atoms with E-state index in [4.69, 9.17) is 16.7 Å². The predicted octanol–water partition coefficient (Wildman–Crippen LogP) is -0.468. The van der Waals surface area contributed by atoms with Gasteiger partial charge in [-0.1, -0.05) is 11.6 Å². The molecule has 1 atom stereocenters. The first-order chi connectivity index (χ1) is 10.00. The number of nitrogens with two attached hydrogens (primary N) is 1. The zero-order chi connectivity index (χ0) is 16.9. The van der Waals surface area contributed by atoms with Gasteiger partial charge >= 0.3 is 5.97 Å². The Balaban J connectivity index is 2.72. The lowest BCUT2D eigenvalue weighted by molar-refractivity contribution is -0.143. The monoisotopic (exact) mass is 369 g/mol. The number of ether oxygens (including phenoxy) is 1. The number of fused-ring (bicyclic) bond motifs is 1. The number of anilines is 1. The number of benzene rings is 1. The third-order valence-corrected chi connectivity index (χ3v) is 6.32. The maximum absolute atomic E-state index is 12.4. The number of rotatable bonds is 2. The Bertz CT molecular complexity index is 852. The Morgan fingerprint density at radius 3 is 2.55 bits per heavy atom. The Morgan fingerprint density at radius 2 is 2.05 bits per heavy atom. The van der Waals surface area contributed by atoms with Crippen molar-refractivity contribution in [3.05, 3.63) is 17.2 Å². The van der Waals surface area contributed by atoms with Crippen molar-refractivity contribution in [3.8, 4) is 0 Å². The number of sulfonamides is 2. The van der Waals surface area contributed by atoms with Gasteiger partial charge in [0.25, 0.3) is 0 Å². The summed E-state index contributed by atoms with van der Waals surface area (Å²) in [6, 6.07) is 1.93. The summed E-state index contributed by atoms with van der Waals surface area (Å²) in [7, 11) is -6.08. The highest BCUT2D eigenvalue weighted by Gasteiger charge is 2.41. The fourth-order valence-electron chi connectivity index (χ4n) is 1.93. The number of halogens is 1. The van der Waals surface area contributed by atoms with Gasteiger partial charge in [0.1, 0.15) is 9.79 Å². The van der Waals surface area contributed by atoms with E-state index >= 15 is 0 Å². The average molecular weight is 370 g/mol. The van der Waals surface area contributed by atoms with Crippen LogP contribution in [0.4, 0.5) is 5.69 Å². The van der Waals surface area contributed by atoms with Gasteiger partial charge in [-0.15, -0.1) is 0 Å². The third-order valence-electron chi connectivity index (χ3n) is 3.08.